The average Bonchev–Trinajstić information content (AvgIpc) is 3.63. The number of methoxy groups -OCH3 is 1. The van der Waals surface area contributed by atoms with Gasteiger partial charge in [-0.2, -0.15) is 11.8 Å². The first kappa shape index (κ1) is 45.7. The van der Waals surface area contributed by atoms with Crippen molar-refractivity contribution in [1.29, 1.82) is 0 Å². The Kier molecular flexibility index (Phi) is 18.8. The molecule has 3 rings (SSSR count). The molecule has 2 aliphatic heterocycles. The number of carbonyl (C=O) groups excluding carboxylic acids is 4. The number of likely N-dealkylation sites (N-methyl/N-ethyl adjacent to an activating group) is 2. The van der Waals surface area contributed by atoms with Crippen molar-refractivity contribution in [3.05, 3.63) is 35.9 Å². The lowest BCUT2D eigenvalue weighted by molar-refractivity contribution is -0.146. The highest BCUT2D eigenvalue weighted by Gasteiger charge is 2.41. The zero-order valence-electron chi connectivity index (χ0n) is 35.2. The van der Waals surface area contributed by atoms with Crippen molar-refractivity contribution in [3.63, 3.8) is 0 Å². The molecule has 0 bridgehead atoms. The summed E-state index contributed by atoms with van der Waals surface area (Å²) in [6.07, 6.45) is 6.38. The molecule has 12 heteroatoms. The molecule has 1 aromatic carbocycles. The Morgan fingerprint density at radius 1 is 0.926 bits per heavy atom. The fourth-order valence-corrected chi connectivity index (χ4v) is 9.45. The summed E-state index contributed by atoms with van der Waals surface area (Å²) in [5.41, 5.74) is 1.31. The first-order valence-corrected chi connectivity index (χ1v) is 21.6. The Morgan fingerprint density at radius 3 is 2.11 bits per heavy atom. The Bertz CT molecular complexity index is 1320. The maximum Gasteiger partial charge on any atom is 0.245 e. The van der Waals surface area contributed by atoms with Gasteiger partial charge in [-0.05, 0) is 69.4 Å². The van der Waals surface area contributed by atoms with Crippen LogP contribution in [-0.4, -0.2) is 139 Å². The molecule has 0 aromatic heterocycles. The van der Waals surface area contributed by atoms with Crippen molar-refractivity contribution >= 4 is 35.4 Å². The Hall–Kier alpha value is -2.67. The van der Waals surface area contributed by atoms with Crippen molar-refractivity contribution in [2.45, 2.75) is 135 Å². The molecule has 1 aromatic rings. The SMILES string of the molecule is CCC(C)C(C(CC(=O)N1CCCC1C(CC(=O)NC1CCN(Cc2ccccc2)CC1)SC)OC)N(C)C(=O)C(NC(=O)C(C(C)C)N(C)C)C(C)C. The van der Waals surface area contributed by atoms with E-state index in [0.717, 1.165) is 51.7 Å². The quantitative estimate of drug-likeness (QED) is 0.193. The molecule has 2 N–H and O–H groups in total. The highest BCUT2D eigenvalue weighted by Crippen LogP contribution is 2.31. The monoisotopic (exact) mass is 773 g/mol. The van der Waals surface area contributed by atoms with Crippen molar-refractivity contribution in [2.75, 3.05) is 54.1 Å². The van der Waals surface area contributed by atoms with Crippen LogP contribution >= 0.6 is 11.8 Å². The minimum absolute atomic E-state index is 0.0109. The first-order valence-electron chi connectivity index (χ1n) is 20.3. The van der Waals surface area contributed by atoms with Gasteiger partial charge in [0.15, 0.2) is 0 Å². The average molecular weight is 773 g/mol. The van der Waals surface area contributed by atoms with Gasteiger partial charge in [0.05, 0.1) is 24.6 Å². The van der Waals surface area contributed by atoms with Crippen molar-refractivity contribution in [1.82, 2.24) is 30.2 Å². The second kappa shape index (κ2) is 22.2. The molecule has 7 atom stereocenters. The van der Waals surface area contributed by atoms with Crippen LogP contribution in [0.3, 0.4) is 0 Å². The minimum Gasteiger partial charge on any atom is -0.379 e. The number of hydrogen-bond acceptors (Lipinski definition) is 8. The van der Waals surface area contributed by atoms with Crippen LogP contribution in [0.4, 0.5) is 0 Å². The van der Waals surface area contributed by atoms with Crippen LogP contribution in [0.2, 0.25) is 0 Å². The van der Waals surface area contributed by atoms with E-state index in [1.165, 1.54) is 5.56 Å². The molecule has 2 heterocycles. The lowest BCUT2D eigenvalue weighted by Crippen LogP contribution is -2.59. The van der Waals surface area contributed by atoms with E-state index in [2.05, 4.69) is 53.6 Å². The molecule has 4 amide bonds. The summed E-state index contributed by atoms with van der Waals surface area (Å²) in [7, 11) is 7.14. The van der Waals surface area contributed by atoms with Gasteiger partial charge in [-0.3, -0.25) is 29.0 Å². The number of likely N-dealkylation sites (tertiary alicyclic amines) is 2. The zero-order chi connectivity index (χ0) is 40.1. The van der Waals surface area contributed by atoms with Gasteiger partial charge in [0.1, 0.15) is 6.04 Å². The van der Waals surface area contributed by atoms with Crippen LogP contribution in [0, 0.1) is 17.8 Å². The van der Waals surface area contributed by atoms with E-state index in [9.17, 15) is 19.2 Å². The molecule has 0 radical (unpaired) electrons. The maximum atomic E-state index is 14.2. The fourth-order valence-electron chi connectivity index (χ4n) is 8.54. The Balaban J connectivity index is 1.65. The highest BCUT2D eigenvalue weighted by molar-refractivity contribution is 7.99. The van der Waals surface area contributed by atoms with E-state index in [1.54, 1.807) is 30.8 Å². The summed E-state index contributed by atoms with van der Waals surface area (Å²) in [6.45, 7) is 15.5. The van der Waals surface area contributed by atoms with Crippen LogP contribution in [-0.2, 0) is 30.5 Å². The number of amides is 4. The van der Waals surface area contributed by atoms with Crippen molar-refractivity contribution in [2.24, 2.45) is 17.8 Å². The third-order valence-electron chi connectivity index (χ3n) is 11.7. The van der Waals surface area contributed by atoms with Crippen LogP contribution in [0.1, 0.15) is 92.1 Å². The normalized spacial score (nSPS) is 20.4. The molecule has 7 unspecified atom stereocenters. The zero-order valence-corrected chi connectivity index (χ0v) is 36.0. The second-order valence-electron chi connectivity index (χ2n) is 16.6. The molecule has 0 aliphatic carbocycles. The van der Waals surface area contributed by atoms with Gasteiger partial charge < -0.3 is 25.2 Å². The molecule has 11 nitrogen and oxygen atoms in total. The predicted octanol–water partition coefficient (Wildman–Crippen LogP) is 4.89. The molecular weight excluding hydrogens is 701 g/mol. The summed E-state index contributed by atoms with van der Waals surface area (Å²) >= 11 is 1.66. The van der Waals surface area contributed by atoms with Crippen molar-refractivity contribution in [3.8, 4) is 0 Å². The Labute approximate surface area is 331 Å². The second-order valence-corrected chi connectivity index (χ2v) is 17.6. The number of carbonyl (C=O) groups is 4. The molecule has 0 saturated carbocycles. The van der Waals surface area contributed by atoms with E-state index < -0.39 is 12.1 Å². The number of hydrogen-bond donors (Lipinski definition) is 2. The van der Waals surface area contributed by atoms with E-state index in [1.807, 2.05) is 63.9 Å². The van der Waals surface area contributed by atoms with Gasteiger partial charge in [-0.15, -0.1) is 0 Å². The topological polar surface area (TPSA) is 115 Å². The lowest BCUT2D eigenvalue weighted by Gasteiger charge is -2.41. The smallest absolute Gasteiger partial charge is 0.245 e. The van der Waals surface area contributed by atoms with E-state index in [-0.39, 0.29) is 77.2 Å². The number of nitrogens with one attached hydrogen (secondary N) is 2. The van der Waals surface area contributed by atoms with E-state index in [0.29, 0.717) is 13.0 Å². The maximum absolute atomic E-state index is 14.2. The van der Waals surface area contributed by atoms with E-state index >= 15 is 0 Å². The van der Waals surface area contributed by atoms with Crippen molar-refractivity contribution < 1.29 is 23.9 Å². The Morgan fingerprint density at radius 2 is 1.57 bits per heavy atom. The van der Waals surface area contributed by atoms with Gasteiger partial charge in [0, 0.05) is 64.1 Å². The summed E-state index contributed by atoms with van der Waals surface area (Å²) in [4.78, 5) is 63.2. The van der Waals surface area contributed by atoms with Crippen LogP contribution in [0.25, 0.3) is 0 Å². The lowest BCUT2D eigenvalue weighted by atomic mass is 9.89. The van der Waals surface area contributed by atoms with Crippen LogP contribution in [0.15, 0.2) is 30.3 Å². The third-order valence-corrected chi connectivity index (χ3v) is 12.8. The molecule has 2 fully saturated rings. The fraction of sp³-hybridized carbons (Fsp3) is 0.762. The molecule has 306 valence electrons. The largest absolute Gasteiger partial charge is 0.379 e. The van der Waals surface area contributed by atoms with E-state index in [4.69, 9.17) is 4.74 Å². The number of nitrogens with zero attached hydrogens (tertiary/aromatic N) is 4. The van der Waals surface area contributed by atoms with Crippen LogP contribution < -0.4 is 10.6 Å². The van der Waals surface area contributed by atoms with Gasteiger partial charge in [0.25, 0.3) is 0 Å². The van der Waals surface area contributed by atoms with Gasteiger partial charge in [0.2, 0.25) is 23.6 Å². The third kappa shape index (κ3) is 12.7. The van der Waals surface area contributed by atoms with Crippen LogP contribution in [0.5, 0.6) is 0 Å². The van der Waals surface area contributed by atoms with Gasteiger partial charge in [-0.1, -0.05) is 78.3 Å². The first-order chi connectivity index (χ1) is 25.6. The standard InChI is InChI=1S/C42H72N6O5S/c1-12-30(6)40(46(9)42(52)38(28(2)3)44-41(51)39(29(4)5)45(7)8)34(53-10)25-37(50)48-22-16-19-33(48)35(54-11)26-36(49)43-32-20-23-47(24-21-32)27-31-17-14-13-15-18-31/h13-15,17-18,28-30,32-35,38-40H,12,16,19-27H2,1-11H3,(H,43,49)(H,44,51). The number of thioether (sulfide) groups is 1. The number of piperidine rings is 1. The summed E-state index contributed by atoms with van der Waals surface area (Å²) in [5.74, 6) is -0.350. The number of ether oxygens (including phenoxy) is 1. The molecule has 2 saturated heterocycles. The summed E-state index contributed by atoms with van der Waals surface area (Å²) < 4.78 is 6.06. The highest BCUT2D eigenvalue weighted by atomic mass is 32.2. The summed E-state index contributed by atoms with van der Waals surface area (Å²) in [5, 5.41) is 6.36. The molecule has 0 spiro atoms. The molecule has 54 heavy (non-hydrogen) atoms. The number of rotatable bonds is 20. The predicted molar refractivity (Wildman–Crippen MR) is 220 cm³/mol. The minimum atomic E-state index is -0.721. The van der Waals surface area contributed by atoms with Gasteiger partial charge in [-0.25, -0.2) is 0 Å². The molecular formula is C42H72N6O5S. The number of benzene rings is 1. The van der Waals surface area contributed by atoms with Gasteiger partial charge >= 0.3 is 0 Å². The molecule has 2 aliphatic rings. The summed E-state index contributed by atoms with van der Waals surface area (Å²) in [6, 6.07) is 9.16.